The van der Waals surface area contributed by atoms with Gasteiger partial charge in [-0.15, -0.1) is 0 Å². The molecule has 0 fully saturated rings. The Morgan fingerprint density at radius 1 is 0.656 bits per heavy atom. The Hall–Kier alpha value is -1.39. The molecule has 2 N–H and O–H groups in total. The van der Waals surface area contributed by atoms with Gasteiger partial charge in [0.05, 0.1) is 0 Å². The largest absolute Gasteiger partial charge is 0.354 e. The van der Waals surface area contributed by atoms with Gasteiger partial charge < -0.3 is 15.4 Å². The molecular weight excluding hydrogens is 400 g/mol. The molecular formula is C27H52N2O3. The molecule has 0 aliphatic heterocycles. The van der Waals surface area contributed by atoms with Crippen LogP contribution in [0.2, 0.25) is 0 Å². The Morgan fingerprint density at radius 2 is 1.09 bits per heavy atom. The summed E-state index contributed by atoms with van der Waals surface area (Å²) in [6.45, 7) is 5.06. The van der Waals surface area contributed by atoms with Crippen molar-refractivity contribution in [2.75, 3.05) is 6.54 Å². The molecule has 0 saturated heterocycles. The number of amides is 2. The molecule has 0 aromatic rings. The Balaban J connectivity index is 3.77. The van der Waals surface area contributed by atoms with Crippen LogP contribution < -0.4 is 10.6 Å². The molecule has 0 aromatic carbocycles. The van der Waals surface area contributed by atoms with E-state index in [9.17, 15) is 14.4 Å². The number of nitrogens with one attached hydrogen (secondary N) is 2. The molecule has 0 radical (unpaired) electrons. The van der Waals surface area contributed by atoms with Crippen molar-refractivity contribution in [1.29, 1.82) is 0 Å². The first kappa shape index (κ1) is 30.6. The molecule has 5 heteroatoms. The molecule has 2 amide bonds. The summed E-state index contributed by atoms with van der Waals surface area (Å²) in [6, 6.07) is -0.739. The van der Waals surface area contributed by atoms with Crippen LogP contribution in [-0.4, -0.2) is 30.7 Å². The van der Waals surface area contributed by atoms with Crippen molar-refractivity contribution in [1.82, 2.24) is 10.6 Å². The zero-order valence-electron chi connectivity index (χ0n) is 21.2. The lowest BCUT2D eigenvalue weighted by Crippen LogP contribution is -2.47. The quantitative estimate of drug-likeness (QED) is 0.127. The van der Waals surface area contributed by atoms with Gasteiger partial charge in [0.15, 0.2) is 0 Å². The van der Waals surface area contributed by atoms with Crippen LogP contribution in [0.15, 0.2) is 0 Å². The van der Waals surface area contributed by atoms with Gasteiger partial charge in [-0.2, -0.15) is 0 Å². The summed E-state index contributed by atoms with van der Waals surface area (Å²) in [5.74, 6) is -0.366. The summed E-state index contributed by atoms with van der Waals surface area (Å²) < 4.78 is 0. The van der Waals surface area contributed by atoms with Gasteiger partial charge in [-0.3, -0.25) is 9.59 Å². The molecule has 188 valence electrons. The van der Waals surface area contributed by atoms with E-state index in [-0.39, 0.29) is 18.2 Å². The number of hydrogen-bond acceptors (Lipinski definition) is 3. The van der Waals surface area contributed by atoms with E-state index in [1.165, 1.54) is 89.9 Å². The highest BCUT2D eigenvalue weighted by Crippen LogP contribution is 2.12. The lowest BCUT2D eigenvalue weighted by atomic mass is 10.1. The molecule has 0 bridgehead atoms. The third kappa shape index (κ3) is 20.5. The van der Waals surface area contributed by atoms with E-state index >= 15 is 0 Å². The number of unbranched alkanes of at least 4 members (excludes halogenated alkanes) is 16. The van der Waals surface area contributed by atoms with Crippen molar-refractivity contribution < 1.29 is 14.4 Å². The van der Waals surface area contributed by atoms with Crippen LogP contribution >= 0.6 is 0 Å². The zero-order chi connectivity index (χ0) is 23.7. The molecule has 0 saturated carbocycles. The summed E-state index contributed by atoms with van der Waals surface area (Å²) in [6.07, 6.45) is 23.2. The minimum Gasteiger partial charge on any atom is -0.354 e. The fourth-order valence-electron chi connectivity index (χ4n) is 3.96. The average molecular weight is 453 g/mol. The second kappa shape index (κ2) is 24.3. The third-order valence-electron chi connectivity index (χ3n) is 6.07. The normalized spacial score (nSPS) is 11.8. The first-order valence-electron chi connectivity index (χ1n) is 13.7. The topological polar surface area (TPSA) is 75.3 Å². The van der Waals surface area contributed by atoms with Crippen LogP contribution in [0.4, 0.5) is 0 Å². The second-order valence-electron chi connectivity index (χ2n) is 9.22. The predicted molar refractivity (Wildman–Crippen MR) is 135 cm³/mol. The third-order valence-corrected chi connectivity index (χ3v) is 6.07. The minimum absolute atomic E-state index is 0.0346. The van der Waals surface area contributed by atoms with Crippen molar-refractivity contribution in [3.8, 4) is 0 Å². The van der Waals surface area contributed by atoms with Crippen LogP contribution in [0.5, 0.6) is 0 Å². The van der Waals surface area contributed by atoms with E-state index in [0.29, 0.717) is 19.3 Å². The Morgan fingerprint density at radius 3 is 1.56 bits per heavy atom. The highest BCUT2D eigenvalue weighted by molar-refractivity contribution is 5.89. The fourth-order valence-corrected chi connectivity index (χ4v) is 3.96. The molecule has 0 spiro atoms. The van der Waals surface area contributed by atoms with E-state index < -0.39 is 6.04 Å². The maximum absolute atomic E-state index is 12.3. The Bertz CT molecular complexity index is 454. The van der Waals surface area contributed by atoms with Gasteiger partial charge >= 0.3 is 0 Å². The maximum Gasteiger partial charge on any atom is 0.243 e. The lowest BCUT2D eigenvalue weighted by molar-refractivity contribution is -0.130. The number of rotatable bonds is 24. The molecule has 0 aromatic heterocycles. The van der Waals surface area contributed by atoms with Crippen LogP contribution in [0.1, 0.15) is 142 Å². The van der Waals surface area contributed by atoms with E-state index in [4.69, 9.17) is 0 Å². The zero-order valence-corrected chi connectivity index (χ0v) is 21.2. The fraction of sp³-hybridized carbons (Fsp3) is 0.889. The van der Waals surface area contributed by atoms with Crippen molar-refractivity contribution in [2.45, 2.75) is 148 Å². The van der Waals surface area contributed by atoms with Gasteiger partial charge in [-0.1, -0.05) is 117 Å². The minimum atomic E-state index is -0.739. The SMILES string of the molecule is CCCCCCCCCCCCCC(=O)NC(CC=O)C(=O)NCCCCCCCCC. The second-order valence-corrected chi connectivity index (χ2v) is 9.22. The van der Waals surface area contributed by atoms with E-state index in [0.717, 1.165) is 25.7 Å². The Kier molecular flexibility index (Phi) is 23.2. The predicted octanol–water partition coefficient (Wildman–Crippen LogP) is 6.63. The van der Waals surface area contributed by atoms with Gasteiger partial charge in [0.25, 0.3) is 0 Å². The summed E-state index contributed by atoms with van der Waals surface area (Å²) >= 11 is 0. The molecule has 0 aliphatic carbocycles. The van der Waals surface area contributed by atoms with Gasteiger partial charge in [-0.25, -0.2) is 0 Å². The van der Waals surface area contributed by atoms with Crippen molar-refractivity contribution >= 4 is 18.1 Å². The van der Waals surface area contributed by atoms with E-state index in [1.54, 1.807) is 0 Å². The summed E-state index contributed by atoms with van der Waals surface area (Å²) in [7, 11) is 0. The maximum atomic E-state index is 12.3. The average Bonchev–Trinajstić information content (AvgIpc) is 2.78. The van der Waals surface area contributed by atoms with Crippen LogP contribution in [0.3, 0.4) is 0 Å². The van der Waals surface area contributed by atoms with Crippen LogP contribution in [0, 0.1) is 0 Å². The highest BCUT2D eigenvalue weighted by atomic mass is 16.2. The standard InChI is InChI=1S/C27H52N2O3/c1-3-5-7-9-11-12-13-14-15-17-19-21-26(31)29-25(22-24-30)27(32)28-23-20-18-16-10-8-6-4-2/h24-25H,3-23H2,1-2H3,(H,28,32)(H,29,31). The molecule has 1 unspecified atom stereocenters. The summed E-state index contributed by atoms with van der Waals surface area (Å²) in [4.78, 5) is 35.4. The van der Waals surface area contributed by atoms with Crippen LogP contribution in [0.25, 0.3) is 0 Å². The first-order valence-corrected chi connectivity index (χ1v) is 13.7. The van der Waals surface area contributed by atoms with Gasteiger partial charge in [-0.05, 0) is 12.8 Å². The smallest absolute Gasteiger partial charge is 0.243 e. The molecule has 0 rings (SSSR count). The number of hydrogen-bond donors (Lipinski definition) is 2. The first-order chi connectivity index (χ1) is 15.7. The van der Waals surface area contributed by atoms with E-state index in [1.807, 2.05) is 0 Å². The lowest BCUT2D eigenvalue weighted by Gasteiger charge is -2.16. The summed E-state index contributed by atoms with van der Waals surface area (Å²) in [5, 5.41) is 5.62. The van der Waals surface area contributed by atoms with Gasteiger partial charge in [0.1, 0.15) is 12.3 Å². The number of aldehydes is 1. The van der Waals surface area contributed by atoms with Gasteiger partial charge in [0, 0.05) is 19.4 Å². The van der Waals surface area contributed by atoms with Crippen molar-refractivity contribution in [3.63, 3.8) is 0 Å². The van der Waals surface area contributed by atoms with Gasteiger partial charge in [0.2, 0.25) is 11.8 Å². The molecule has 32 heavy (non-hydrogen) atoms. The molecule has 5 nitrogen and oxygen atoms in total. The molecule has 1 atom stereocenters. The van der Waals surface area contributed by atoms with Crippen LogP contribution in [-0.2, 0) is 14.4 Å². The number of carbonyl (C=O) groups excluding carboxylic acids is 3. The van der Waals surface area contributed by atoms with E-state index in [2.05, 4.69) is 24.5 Å². The van der Waals surface area contributed by atoms with Crippen molar-refractivity contribution in [2.24, 2.45) is 0 Å². The molecule has 0 aliphatic rings. The highest BCUT2D eigenvalue weighted by Gasteiger charge is 2.19. The number of carbonyl (C=O) groups is 3. The summed E-state index contributed by atoms with van der Waals surface area (Å²) in [5.41, 5.74) is 0. The Labute approximate surface area is 198 Å². The molecule has 0 heterocycles. The monoisotopic (exact) mass is 452 g/mol. The van der Waals surface area contributed by atoms with Crippen molar-refractivity contribution in [3.05, 3.63) is 0 Å².